The molecule has 1 aromatic carbocycles. The van der Waals surface area contributed by atoms with Crippen molar-refractivity contribution in [2.75, 3.05) is 4.90 Å². The van der Waals surface area contributed by atoms with Gasteiger partial charge in [0.05, 0.1) is 22.5 Å². The Morgan fingerprint density at radius 3 is 2.50 bits per heavy atom. The summed E-state index contributed by atoms with van der Waals surface area (Å²) in [4.78, 5) is 26.6. The van der Waals surface area contributed by atoms with E-state index in [1.165, 1.54) is 11.6 Å². The number of aryl methyl sites for hydroxylation is 1. The number of nitrogens with two attached hydrogens (primary N) is 1. The lowest BCUT2D eigenvalue weighted by Gasteiger charge is -2.43. The molecule has 0 spiro atoms. The molecule has 32 heavy (non-hydrogen) atoms. The van der Waals surface area contributed by atoms with E-state index in [1.807, 2.05) is 43.0 Å². The first-order chi connectivity index (χ1) is 15.2. The lowest BCUT2D eigenvalue weighted by Crippen LogP contribution is -2.42. The van der Waals surface area contributed by atoms with Crippen LogP contribution in [0.5, 0.6) is 0 Å². The second kappa shape index (κ2) is 7.92. The number of anilines is 1. The molecule has 164 valence electrons. The maximum atomic E-state index is 13.4. The SMILES string of the molecule is CCc1ccc(N2C(N)=C(C#N)[C@@H](c3ccc([N+](=O)[O-])s3)C3=C2CC(C)(C)CC3=O)cc1. The summed E-state index contributed by atoms with van der Waals surface area (Å²) < 4.78 is 0. The highest BCUT2D eigenvalue weighted by molar-refractivity contribution is 7.15. The molecule has 2 aromatic rings. The van der Waals surface area contributed by atoms with E-state index >= 15 is 0 Å². The summed E-state index contributed by atoms with van der Waals surface area (Å²) >= 11 is 0.983. The number of thiophene rings is 1. The van der Waals surface area contributed by atoms with Crippen molar-refractivity contribution in [1.82, 2.24) is 0 Å². The summed E-state index contributed by atoms with van der Waals surface area (Å²) in [5.41, 5.74) is 9.81. The Kier molecular flexibility index (Phi) is 5.39. The number of nitriles is 1. The highest BCUT2D eigenvalue weighted by Crippen LogP contribution is 2.51. The molecule has 8 heteroatoms. The molecule has 1 aliphatic heterocycles. The molecule has 2 N–H and O–H groups in total. The standard InChI is InChI=1S/C24H24N4O3S/c1-4-14-5-7-15(8-6-14)27-17-11-24(2,3)12-18(29)22(17)21(16(13-25)23(27)26)19-9-10-20(32-19)28(30)31/h5-10,21H,4,11-12,26H2,1-3H3/t21-/m0/s1. The van der Waals surface area contributed by atoms with Gasteiger partial charge in [0.15, 0.2) is 5.78 Å². The van der Waals surface area contributed by atoms with Crippen molar-refractivity contribution < 1.29 is 9.72 Å². The van der Waals surface area contributed by atoms with E-state index in [0.717, 1.165) is 29.1 Å². The van der Waals surface area contributed by atoms with Crippen LogP contribution in [0.3, 0.4) is 0 Å². The first kappa shape index (κ1) is 21.8. The predicted octanol–water partition coefficient (Wildman–Crippen LogP) is 5.16. The Balaban J connectivity index is 1.95. The number of nitro groups is 1. The molecule has 0 saturated carbocycles. The Morgan fingerprint density at radius 1 is 1.25 bits per heavy atom. The van der Waals surface area contributed by atoms with Crippen molar-refractivity contribution in [3.05, 3.63) is 79.6 Å². The van der Waals surface area contributed by atoms with Crippen LogP contribution >= 0.6 is 11.3 Å². The van der Waals surface area contributed by atoms with E-state index in [1.54, 1.807) is 6.07 Å². The number of benzene rings is 1. The maximum absolute atomic E-state index is 13.4. The quantitative estimate of drug-likeness (QED) is 0.510. The largest absolute Gasteiger partial charge is 0.384 e. The van der Waals surface area contributed by atoms with Crippen LogP contribution in [0.4, 0.5) is 10.7 Å². The van der Waals surface area contributed by atoms with Gasteiger partial charge in [0.2, 0.25) is 0 Å². The molecule has 0 amide bonds. The van der Waals surface area contributed by atoms with Crippen molar-refractivity contribution in [2.24, 2.45) is 11.1 Å². The minimum atomic E-state index is -0.691. The third-order valence-electron chi connectivity index (χ3n) is 6.06. The van der Waals surface area contributed by atoms with E-state index < -0.39 is 10.8 Å². The number of carbonyl (C=O) groups is 1. The maximum Gasteiger partial charge on any atom is 0.324 e. The minimum Gasteiger partial charge on any atom is -0.384 e. The fourth-order valence-corrected chi connectivity index (χ4v) is 5.51. The fraction of sp³-hybridized carbons (Fsp3) is 0.333. The molecule has 1 aliphatic carbocycles. The number of rotatable bonds is 4. The van der Waals surface area contributed by atoms with Gasteiger partial charge in [-0.2, -0.15) is 5.26 Å². The van der Waals surface area contributed by atoms with Gasteiger partial charge in [0.25, 0.3) is 0 Å². The van der Waals surface area contributed by atoms with Gasteiger partial charge >= 0.3 is 5.00 Å². The number of allylic oxidation sites excluding steroid dienone is 3. The number of hydrogen-bond donors (Lipinski definition) is 1. The molecule has 1 atom stereocenters. The zero-order valence-corrected chi connectivity index (χ0v) is 19.0. The summed E-state index contributed by atoms with van der Waals surface area (Å²) in [5, 5.41) is 21.3. The average Bonchev–Trinajstić information content (AvgIpc) is 3.22. The van der Waals surface area contributed by atoms with E-state index in [2.05, 4.69) is 13.0 Å². The Labute approximate surface area is 190 Å². The third kappa shape index (κ3) is 3.59. The predicted molar refractivity (Wildman–Crippen MR) is 124 cm³/mol. The Hall–Kier alpha value is -3.44. The molecule has 4 rings (SSSR count). The lowest BCUT2D eigenvalue weighted by molar-refractivity contribution is -0.380. The zero-order chi connectivity index (χ0) is 23.2. The van der Waals surface area contributed by atoms with E-state index in [9.17, 15) is 20.2 Å². The number of ketones is 1. The van der Waals surface area contributed by atoms with Crippen LogP contribution in [0.15, 0.2) is 59.1 Å². The first-order valence-corrected chi connectivity index (χ1v) is 11.3. The van der Waals surface area contributed by atoms with Gasteiger partial charge in [0.1, 0.15) is 5.82 Å². The molecule has 0 unspecified atom stereocenters. The first-order valence-electron chi connectivity index (χ1n) is 10.5. The number of hydrogen-bond acceptors (Lipinski definition) is 7. The van der Waals surface area contributed by atoms with Crippen LogP contribution in [-0.4, -0.2) is 10.7 Å². The summed E-state index contributed by atoms with van der Waals surface area (Å²) in [5.74, 6) is -0.474. The van der Waals surface area contributed by atoms with Crippen molar-refractivity contribution in [3.63, 3.8) is 0 Å². The van der Waals surface area contributed by atoms with E-state index in [4.69, 9.17) is 5.73 Å². The monoisotopic (exact) mass is 448 g/mol. The van der Waals surface area contributed by atoms with Crippen LogP contribution in [0.25, 0.3) is 0 Å². The number of Topliss-reactive ketones (excluding diaryl/α,β-unsaturated/α-hetero) is 1. The van der Waals surface area contributed by atoms with Gasteiger partial charge in [-0.05, 0) is 42.0 Å². The van der Waals surface area contributed by atoms with Crippen molar-refractivity contribution in [2.45, 2.75) is 46.0 Å². The normalized spacial score (nSPS) is 20.2. The van der Waals surface area contributed by atoms with Crippen molar-refractivity contribution in [3.8, 4) is 6.07 Å². The molecular formula is C24H24N4O3S. The van der Waals surface area contributed by atoms with Crippen LogP contribution in [0.1, 0.15) is 50.0 Å². The third-order valence-corrected chi connectivity index (χ3v) is 7.16. The summed E-state index contributed by atoms with van der Waals surface area (Å²) in [7, 11) is 0. The Morgan fingerprint density at radius 2 is 1.94 bits per heavy atom. The van der Waals surface area contributed by atoms with Gasteiger partial charge in [-0.15, -0.1) is 0 Å². The lowest BCUT2D eigenvalue weighted by atomic mass is 9.69. The highest BCUT2D eigenvalue weighted by atomic mass is 32.1. The zero-order valence-electron chi connectivity index (χ0n) is 18.2. The Bertz CT molecular complexity index is 1210. The van der Waals surface area contributed by atoms with Gasteiger partial charge in [-0.25, -0.2) is 0 Å². The molecule has 7 nitrogen and oxygen atoms in total. The van der Waals surface area contributed by atoms with E-state index in [0.29, 0.717) is 23.3 Å². The fourth-order valence-electron chi connectivity index (χ4n) is 4.56. The van der Waals surface area contributed by atoms with Crippen LogP contribution in [0, 0.1) is 26.9 Å². The number of nitrogens with zero attached hydrogens (tertiary/aromatic N) is 3. The van der Waals surface area contributed by atoms with Crippen molar-refractivity contribution in [1.29, 1.82) is 5.26 Å². The molecular weight excluding hydrogens is 424 g/mol. The second-order valence-corrected chi connectivity index (χ2v) is 10.0. The smallest absolute Gasteiger partial charge is 0.324 e. The molecule has 0 radical (unpaired) electrons. The molecule has 0 fully saturated rings. The van der Waals surface area contributed by atoms with Crippen LogP contribution in [-0.2, 0) is 11.2 Å². The number of carbonyl (C=O) groups excluding carboxylic acids is 1. The van der Waals surface area contributed by atoms with E-state index in [-0.39, 0.29) is 27.6 Å². The summed E-state index contributed by atoms with van der Waals surface area (Å²) in [6, 6.07) is 13.2. The average molecular weight is 449 g/mol. The second-order valence-electron chi connectivity index (χ2n) is 8.93. The summed E-state index contributed by atoms with van der Waals surface area (Å²) in [6.45, 7) is 6.15. The van der Waals surface area contributed by atoms with Gasteiger partial charge in [-0.3, -0.25) is 19.8 Å². The molecule has 1 aromatic heterocycles. The van der Waals surface area contributed by atoms with Gasteiger partial charge < -0.3 is 5.73 Å². The summed E-state index contributed by atoms with van der Waals surface area (Å²) in [6.07, 6.45) is 1.84. The molecule has 0 saturated heterocycles. The molecule has 0 bridgehead atoms. The van der Waals surface area contributed by atoms with Crippen LogP contribution < -0.4 is 10.6 Å². The van der Waals surface area contributed by atoms with Crippen LogP contribution in [0.2, 0.25) is 0 Å². The van der Waals surface area contributed by atoms with Crippen molar-refractivity contribution >= 4 is 27.8 Å². The minimum absolute atomic E-state index is 0.0285. The van der Waals surface area contributed by atoms with Gasteiger partial charge in [-0.1, -0.05) is 44.2 Å². The topological polar surface area (TPSA) is 113 Å². The van der Waals surface area contributed by atoms with Gasteiger partial charge in [0, 0.05) is 34.3 Å². The molecule has 2 heterocycles. The highest BCUT2D eigenvalue weighted by Gasteiger charge is 2.45. The molecule has 2 aliphatic rings.